The summed E-state index contributed by atoms with van der Waals surface area (Å²) in [6, 6.07) is 21.2. The quantitative estimate of drug-likeness (QED) is 0.871. The van der Waals surface area contributed by atoms with Crippen LogP contribution < -0.4 is 5.32 Å². The van der Waals surface area contributed by atoms with Crippen LogP contribution in [0.15, 0.2) is 60.7 Å². The lowest BCUT2D eigenvalue weighted by Gasteiger charge is -2.40. The average molecular weight is 267 g/mol. The number of rotatable bonds is 2. The van der Waals surface area contributed by atoms with E-state index in [1.165, 1.54) is 11.1 Å². The maximum atomic E-state index is 10.6. The summed E-state index contributed by atoms with van der Waals surface area (Å²) in [6.07, 6.45) is 1.50. The summed E-state index contributed by atoms with van der Waals surface area (Å²) in [5.41, 5.74) is 1.86. The molecular weight excluding hydrogens is 246 g/mol. The second-order valence-corrected chi connectivity index (χ2v) is 6.00. The SMILES string of the molecule is CC1(O)CC(c2ccccc2)NC(c2ccccc2)C1. The van der Waals surface area contributed by atoms with Gasteiger partial charge in [0.05, 0.1) is 5.60 Å². The van der Waals surface area contributed by atoms with Crippen LogP contribution in [0.2, 0.25) is 0 Å². The molecule has 3 rings (SSSR count). The van der Waals surface area contributed by atoms with Gasteiger partial charge in [-0.15, -0.1) is 0 Å². The molecule has 2 unspecified atom stereocenters. The van der Waals surface area contributed by atoms with Crippen LogP contribution >= 0.6 is 0 Å². The first-order chi connectivity index (χ1) is 9.64. The van der Waals surface area contributed by atoms with Crippen LogP contribution in [0.4, 0.5) is 0 Å². The summed E-state index contributed by atoms with van der Waals surface area (Å²) in [7, 11) is 0. The largest absolute Gasteiger partial charge is 0.390 e. The van der Waals surface area contributed by atoms with Crippen LogP contribution in [0.3, 0.4) is 0 Å². The molecule has 2 atom stereocenters. The predicted molar refractivity (Wildman–Crippen MR) is 81.4 cm³/mol. The molecule has 2 N–H and O–H groups in total. The monoisotopic (exact) mass is 267 g/mol. The lowest BCUT2D eigenvalue weighted by molar-refractivity contribution is -0.00426. The van der Waals surface area contributed by atoms with Gasteiger partial charge in [0.2, 0.25) is 0 Å². The molecule has 1 fully saturated rings. The van der Waals surface area contributed by atoms with E-state index in [1.54, 1.807) is 0 Å². The number of aliphatic hydroxyl groups is 1. The molecule has 0 aliphatic carbocycles. The van der Waals surface area contributed by atoms with Gasteiger partial charge in [0.25, 0.3) is 0 Å². The summed E-state index contributed by atoms with van der Waals surface area (Å²) in [4.78, 5) is 0. The van der Waals surface area contributed by atoms with Gasteiger partial charge in [0, 0.05) is 12.1 Å². The van der Waals surface area contributed by atoms with Crippen LogP contribution in [0.1, 0.15) is 43.0 Å². The third-order valence-electron chi connectivity index (χ3n) is 4.09. The van der Waals surface area contributed by atoms with E-state index in [1.807, 2.05) is 19.1 Å². The molecule has 0 radical (unpaired) electrons. The summed E-state index contributed by atoms with van der Waals surface area (Å²) in [5.74, 6) is 0. The maximum Gasteiger partial charge on any atom is 0.0656 e. The van der Waals surface area contributed by atoms with Crippen molar-refractivity contribution in [1.82, 2.24) is 5.32 Å². The standard InChI is InChI=1S/C18H21NO/c1-18(20)12-16(14-8-4-2-5-9-14)19-17(13-18)15-10-6-3-7-11-15/h2-11,16-17,19-20H,12-13H2,1H3. The van der Waals surface area contributed by atoms with Gasteiger partial charge in [-0.3, -0.25) is 0 Å². The normalized spacial score (nSPS) is 30.1. The Kier molecular flexibility index (Phi) is 3.60. The van der Waals surface area contributed by atoms with Crippen LogP contribution in [-0.2, 0) is 0 Å². The zero-order chi connectivity index (χ0) is 14.0. The third kappa shape index (κ3) is 2.92. The Morgan fingerprint density at radius 3 is 1.65 bits per heavy atom. The molecular formula is C18H21NO. The van der Waals surface area contributed by atoms with Gasteiger partial charge < -0.3 is 10.4 Å². The van der Waals surface area contributed by atoms with Crippen molar-refractivity contribution >= 4 is 0 Å². The molecule has 2 aromatic rings. The van der Waals surface area contributed by atoms with E-state index < -0.39 is 5.60 Å². The van der Waals surface area contributed by atoms with Gasteiger partial charge in [0.15, 0.2) is 0 Å². The van der Waals surface area contributed by atoms with Gasteiger partial charge in [-0.1, -0.05) is 60.7 Å². The number of piperidine rings is 1. The van der Waals surface area contributed by atoms with Crippen molar-refractivity contribution in [3.8, 4) is 0 Å². The van der Waals surface area contributed by atoms with Gasteiger partial charge in [0.1, 0.15) is 0 Å². The van der Waals surface area contributed by atoms with Gasteiger partial charge in [-0.05, 0) is 30.9 Å². The first-order valence-corrected chi connectivity index (χ1v) is 7.22. The van der Waals surface area contributed by atoms with Crippen molar-refractivity contribution < 1.29 is 5.11 Å². The number of benzene rings is 2. The summed E-state index contributed by atoms with van der Waals surface area (Å²) < 4.78 is 0. The topological polar surface area (TPSA) is 32.3 Å². The molecule has 0 bridgehead atoms. The zero-order valence-electron chi connectivity index (χ0n) is 11.8. The molecule has 1 aliphatic rings. The molecule has 104 valence electrons. The Labute approximate surface area is 120 Å². The Morgan fingerprint density at radius 1 is 0.850 bits per heavy atom. The highest BCUT2D eigenvalue weighted by molar-refractivity contribution is 5.25. The van der Waals surface area contributed by atoms with E-state index >= 15 is 0 Å². The fraction of sp³-hybridized carbons (Fsp3) is 0.333. The molecule has 0 spiro atoms. The molecule has 20 heavy (non-hydrogen) atoms. The Morgan fingerprint density at radius 2 is 1.25 bits per heavy atom. The van der Waals surface area contributed by atoms with Crippen molar-refractivity contribution in [2.45, 2.75) is 37.5 Å². The third-order valence-corrected chi connectivity index (χ3v) is 4.09. The lowest BCUT2D eigenvalue weighted by atomic mass is 9.80. The molecule has 2 nitrogen and oxygen atoms in total. The Bertz CT molecular complexity index is 501. The second-order valence-electron chi connectivity index (χ2n) is 6.00. The molecule has 1 saturated heterocycles. The van der Waals surface area contributed by atoms with Crippen molar-refractivity contribution in [2.75, 3.05) is 0 Å². The molecule has 1 aliphatic heterocycles. The Balaban J connectivity index is 1.87. The minimum Gasteiger partial charge on any atom is -0.390 e. The van der Waals surface area contributed by atoms with Gasteiger partial charge in [-0.25, -0.2) is 0 Å². The van der Waals surface area contributed by atoms with Crippen molar-refractivity contribution in [2.24, 2.45) is 0 Å². The predicted octanol–water partition coefficient (Wildman–Crippen LogP) is 3.60. The van der Waals surface area contributed by atoms with E-state index in [2.05, 4.69) is 53.8 Å². The smallest absolute Gasteiger partial charge is 0.0656 e. The summed E-state index contributed by atoms with van der Waals surface area (Å²) in [6.45, 7) is 1.94. The number of hydrogen-bond donors (Lipinski definition) is 2. The number of nitrogens with one attached hydrogen (secondary N) is 1. The van der Waals surface area contributed by atoms with Crippen LogP contribution in [-0.4, -0.2) is 10.7 Å². The highest BCUT2D eigenvalue weighted by Crippen LogP contribution is 2.38. The molecule has 0 amide bonds. The fourth-order valence-corrected chi connectivity index (χ4v) is 3.12. The Hall–Kier alpha value is -1.64. The van der Waals surface area contributed by atoms with Crippen LogP contribution in [0.25, 0.3) is 0 Å². The number of hydrogen-bond acceptors (Lipinski definition) is 2. The summed E-state index contributed by atoms with van der Waals surface area (Å²) >= 11 is 0. The highest BCUT2D eigenvalue weighted by Gasteiger charge is 2.36. The first-order valence-electron chi connectivity index (χ1n) is 7.22. The minimum atomic E-state index is -0.633. The van der Waals surface area contributed by atoms with E-state index in [9.17, 15) is 5.11 Å². The highest BCUT2D eigenvalue weighted by atomic mass is 16.3. The van der Waals surface area contributed by atoms with Crippen molar-refractivity contribution in [3.63, 3.8) is 0 Å². The molecule has 2 aromatic carbocycles. The van der Waals surface area contributed by atoms with Gasteiger partial charge in [-0.2, -0.15) is 0 Å². The zero-order valence-corrected chi connectivity index (χ0v) is 11.8. The molecule has 2 heteroatoms. The first kappa shape index (κ1) is 13.3. The van der Waals surface area contributed by atoms with E-state index in [0.717, 1.165) is 12.8 Å². The van der Waals surface area contributed by atoms with Crippen LogP contribution in [0.5, 0.6) is 0 Å². The second kappa shape index (κ2) is 5.39. The van der Waals surface area contributed by atoms with E-state index in [4.69, 9.17) is 0 Å². The molecule has 0 saturated carbocycles. The average Bonchev–Trinajstić information content (AvgIpc) is 2.47. The lowest BCUT2D eigenvalue weighted by Crippen LogP contribution is -2.43. The maximum absolute atomic E-state index is 10.6. The van der Waals surface area contributed by atoms with Crippen molar-refractivity contribution in [3.05, 3.63) is 71.8 Å². The molecule has 1 heterocycles. The van der Waals surface area contributed by atoms with E-state index in [-0.39, 0.29) is 12.1 Å². The van der Waals surface area contributed by atoms with Crippen molar-refractivity contribution in [1.29, 1.82) is 0 Å². The minimum absolute atomic E-state index is 0.199. The fourth-order valence-electron chi connectivity index (χ4n) is 3.12. The van der Waals surface area contributed by atoms with E-state index in [0.29, 0.717) is 0 Å². The molecule has 0 aromatic heterocycles. The van der Waals surface area contributed by atoms with Crippen LogP contribution in [0, 0.1) is 0 Å². The van der Waals surface area contributed by atoms with Gasteiger partial charge >= 0.3 is 0 Å². The summed E-state index contributed by atoms with van der Waals surface area (Å²) in [5, 5.41) is 14.3.